The van der Waals surface area contributed by atoms with Crippen LogP contribution in [0.1, 0.15) is 54.4 Å². The molecular weight excluding hydrogens is 310 g/mol. The SMILES string of the molecule is CC(C)(C)N1CCC(S(=O)(=O)N2CCN(C(C)(C)C)CC2)CC1. The molecule has 0 saturated carbocycles. The minimum Gasteiger partial charge on any atom is -0.298 e. The summed E-state index contributed by atoms with van der Waals surface area (Å²) in [6.45, 7) is 17.9. The Morgan fingerprint density at radius 3 is 1.48 bits per heavy atom. The second-order valence-corrected chi connectivity index (χ2v) is 11.2. The van der Waals surface area contributed by atoms with Gasteiger partial charge in [0.1, 0.15) is 0 Å². The van der Waals surface area contributed by atoms with Gasteiger partial charge in [0.15, 0.2) is 0 Å². The summed E-state index contributed by atoms with van der Waals surface area (Å²) in [6, 6.07) is 0. The van der Waals surface area contributed by atoms with E-state index < -0.39 is 10.0 Å². The van der Waals surface area contributed by atoms with E-state index in [2.05, 4.69) is 51.3 Å². The molecule has 2 aliphatic heterocycles. The summed E-state index contributed by atoms with van der Waals surface area (Å²) in [5.41, 5.74) is 0.251. The highest BCUT2D eigenvalue weighted by Gasteiger charge is 2.38. The molecule has 136 valence electrons. The topological polar surface area (TPSA) is 43.9 Å². The Labute approximate surface area is 143 Å². The Balaban J connectivity index is 1.94. The van der Waals surface area contributed by atoms with Gasteiger partial charge in [0.25, 0.3) is 0 Å². The predicted molar refractivity (Wildman–Crippen MR) is 96.2 cm³/mol. The fourth-order valence-electron chi connectivity index (χ4n) is 3.65. The van der Waals surface area contributed by atoms with Crippen molar-refractivity contribution in [1.82, 2.24) is 14.1 Å². The molecule has 2 heterocycles. The van der Waals surface area contributed by atoms with Crippen LogP contribution in [0.25, 0.3) is 0 Å². The Morgan fingerprint density at radius 2 is 1.09 bits per heavy atom. The van der Waals surface area contributed by atoms with Crippen LogP contribution in [0, 0.1) is 0 Å². The van der Waals surface area contributed by atoms with Crippen molar-refractivity contribution in [2.45, 2.75) is 70.7 Å². The highest BCUT2D eigenvalue weighted by molar-refractivity contribution is 7.89. The minimum atomic E-state index is -3.14. The summed E-state index contributed by atoms with van der Waals surface area (Å²) < 4.78 is 27.6. The van der Waals surface area contributed by atoms with E-state index >= 15 is 0 Å². The molecule has 0 amide bonds. The molecule has 0 aliphatic carbocycles. The van der Waals surface area contributed by atoms with Crippen molar-refractivity contribution in [3.05, 3.63) is 0 Å². The molecule has 0 aromatic carbocycles. The lowest BCUT2D eigenvalue weighted by atomic mass is 10.0. The van der Waals surface area contributed by atoms with Gasteiger partial charge in [-0.15, -0.1) is 0 Å². The van der Waals surface area contributed by atoms with Crippen LogP contribution in [0.5, 0.6) is 0 Å². The third-order valence-electron chi connectivity index (χ3n) is 5.36. The van der Waals surface area contributed by atoms with Crippen molar-refractivity contribution in [1.29, 1.82) is 0 Å². The summed E-state index contributed by atoms with van der Waals surface area (Å²) in [4.78, 5) is 4.78. The standard InChI is InChI=1S/C17H35N3O2S/c1-16(2,3)18-9-7-15(8-10-18)23(21,22)20-13-11-19(12-14-20)17(4,5)6/h15H,7-14H2,1-6H3. The smallest absolute Gasteiger partial charge is 0.217 e. The number of nitrogens with zero attached hydrogens (tertiary/aromatic N) is 3. The molecule has 0 unspecified atom stereocenters. The molecule has 0 aromatic heterocycles. The number of likely N-dealkylation sites (tertiary alicyclic amines) is 1. The summed E-state index contributed by atoms with van der Waals surface area (Å²) >= 11 is 0. The minimum absolute atomic E-state index is 0.119. The first kappa shape index (κ1) is 19.2. The fourth-order valence-corrected chi connectivity index (χ4v) is 5.55. The summed E-state index contributed by atoms with van der Waals surface area (Å²) in [6.07, 6.45) is 1.53. The van der Waals surface area contributed by atoms with Crippen molar-refractivity contribution in [3.63, 3.8) is 0 Å². The normalized spacial score (nSPS) is 25.0. The van der Waals surface area contributed by atoms with E-state index in [1.165, 1.54) is 0 Å². The Bertz CT molecular complexity index is 449. The average molecular weight is 346 g/mol. The lowest BCUT2D eigenvalue weighted by Crippen LogP contribution is -2.57. The first-order chi connectivity index (χ1) is 10.4. The maximum atomic E-state index is 12.9. The van der Waals surface area contributed by atoms with Crippen LogP contribution >= 0.6 is 0 Å². The van der Waals surface area contributed by atoms with E-state index in [1.54, 1.807) is 4.31 Å². The van der Waals surface area contributed by atoms with Gasteiger partial charge in [-0.3, -0.25) is 9.80 Å². The average Bonchev–Trinajstić information content (AvgIpc) is 2.46. The second kappa shape index (κ2) is 6.62. The highest BCUT2D eigenvalue weighted by atomic mass is 32.2. The van der Waals surface area contributed by atoms with E-state index in [1.807, 2.05) is 0 Å². The molecule has 0 bridgehead atoms. The molecule has 2 rings (SSSR count). The number of sulfonamides is 1. The third kappa shape index (κ3) is 4.47. The lowest BCUT2D eigenvalue weighted by molar-refractivity contribution is 0.0892. The molecular formula is C17H35N3O2S. The van der Waals surface area contributed by atoms with Crippen molar-refractivity contribution >= 4 is 10.0 Å². The molecule has 23 heavy (non-hydrogen) atoms. The second-order valence-electron chi connectivity index (χ2n) is 8.96. The van der Waals surface area contributed by atoms with Gasteiger partial charge in [0, 0.05) is 37.3 Å². The number of piperazine rings is 1. The zero-order valence-corrected chi connectivity index (χ0v) is 16.6. The van der Waals surface area contributed by atoms with Crippen LogP contribution in [0.2, 0.25) is 0 Å². The van der Waals surface area contributed by atoms with Crippen molar-refractivity contribution in [2.75, 3.05) is 39.3 Å². The van der Waals surface area contributed by atoms with Crippen molar-refractivity contribution in [2.24, 2.45) is 0 Å². The zero-order valence-electron chi connectivity index (χ0n) is 15.8. The predicted octanol–water partition coefficient (Wildman–Crippen LogP) is 2.00. The summed E-state index contributed by atoms with van der Waals surface area (Å²) in [7, 11) is -3.14. The number of rotatable bonds is 2. The first-order valence-corrected chi connectivity index (χ1v) is 10.4. The molecule has 0 spiro atoms. The van der Waals surface area contributed by atoms with Gasteiger partial charge in [-0.1, -0.05) is 0 Å². The van der Waals surface area contributed by atoms with Crippen LogP contribution in [0.4, 0.5) is 0 Å². The molecule has 0 N–H and O–H groups in total. The summed E-state index contributed by atoms with van der Waals surface area (Å²) in [5, 5.41) is -0.192. The molecule has 2 saturated heterocycles. The van der Waals surface area contributed by atoms with Crippen LogP contribution < -0.4 is 0 Å². The van der Waals surface area contributed by atoms with Gasteiger partial charge in [-0.05, 0) is 67.5 Å². The lowest BCUT2D eigenvalue weighted by Gasteiger charge is -2.44. The molecule has 0 radical (unpaired) electrons. The van der Waals surface area contributed by atoms with Gasteiger partial charge in [0.05, 0.1) is 5.25 Å². The van der Waals surface area contributed by atoms with E-state index in [4.69, 9.17) is 0 Å². The maximum absolute atomic E-state index is 12.9. The number of piperidine rings is 1. The fraction of sp³-hybridized carbons (Fsp3) is 1.00. The van der Waals surface area contributed by atoms with Gasteiger partial charge >= 0.3 is 0 Å². The quantitative estimate of drug-likeness (QED) is 0.768. The van der Waals surface area contributed by atoms with E-state index in [0.29, 0.717) is 13.1 Å². The zero-order chi connectivity index (χ0) is 17.5. The third-order valence-corrected chi connectivity index (χ3v) is 7.76. The van der Waals surface area contributed by atoms with E-state index in [9.17, 15) is 8.42 Å². The molecule has 5 nitrogen and oxygen atoms in total. The van der Waals surface area contributed by atoms with E-state index in [0.717, 1.165) is 39.0 Å². The number of hydrogen-bond donors (Lipinski definition) is 0. The van der Waals surface area contributed by atoms with Crippen molar-refractivity contribution < 1.29 is 8.42 Å². The summed E-state index contributed by atoms with van der Waals surface area (Å²) in [5.74, 6) is 0. The van der Waals surface area contributed by atoms with Crippen LogP contribution in [-0.2, 0) is 10.0 Å². The Hall–Kier alpha value is -0.170. The van der Waals surface area contributed by atoms with E-state index in [-0.39, 0.29) is 16.3 Å². The molecule has 2 aliphatic rings. The highest BCUT2D eigenvalue weighted by Crippen LogP contribution is 2.27. The Morgan fingerprint density at radius 1 is 0.696 bits per heavy atom. The number of hydrogen-bond acceptors (Lipinski definition) is 4. The Kier molecular flexibility index (Phi) is 5.51. The van der Waals surface area contributed by atoms with Crippen LogP contribution in [-0.4, -0.2) is 78.1 Å². The van der Waals surface area contributed by atoms with Gasteiger partial charge in [-0.25, -0.2) is 8.42 Å². The first-order valence-electron chi connectivity index (χ1n) is 8.91. The molecule has 6 heteroatoms. The van der Waals surface area contributed by atoms with Gasteiger partial charge in [-0.2, -0.15) is 4.31 Å². The van der Waals surface area contributed by atoms with Crippen LogP contribution in [0.15, 0.2) is 0 Å². The molecule has 0 atom stereocenters. The van der Waals surface area contributed by atoms with Gasteiger partial charge < -0.3 is 0 Å². The van der Waals surface area contributed by atoms with Gasteiger partial charge in [0.2, 0.25) is 10.0 Å². The molecule has 2 fully saturated rings. The largest absolute Gasteiger partial charge is 0.298 e. The van der Waals surface area contributed by atoms with Crippen molar-refractivity contribution in [3.8, 4) is 0 Å². The maximum Gasteiger partial charge on any atom is 0.217 e. The molecule has 0 aromatic rings. The monoisotopic (exact) mass is 345 g/mol. The van der Waals surface area contributed by atoms with Crippen LogP contribution in [0.3, 0.4) is 0 Å².